The first-order valence-electron chi connectivity index (χ1n) is 6.62. The zero-order chi connectivity index (χ0) is 11.9. The van der Waals surface area contributed by atoms with Crippen LogP contribution in [-0.2, 0) is 9.53 Å². The molecule has 0 atom stereocenters. The van der Waals surface area contributed by atoms with Gasteiger partial charge in [-0.15, -0.1) is 12.4 Å². The first-order chi connectivity index (χ1) is 8.34. The van der Waals surface area contributed by atoms with Gasteiger partial charge < -0.3 is 15.4 Å². The molecule has 1 aliphatic heterocycles. The van der Waals surface area contributed by atoms with Crippen molar-refractivity contribution in [2.45, 2.75) is 12.8 Å². The highest BCUT2D eigenvalue weighted by molar-refractivity contribution is 5.85. The molecule has 0 radical (unpaired) electrons. The number of carbonyl (C=O) groups is 1. The van der Waals surface area contributed by atoms with Crippen LogP contribution in [0.4, 0.5) is 0 Å². The van der Waals surface area contributed by atoms with Crippen LogP contribution in [-0.4, -0.2) is 63.3 Å². The van der Waals surface area contributed by atoms with E-state index in [1.165, 1.54) is 12.8 Å². The summed E-state index contributed by atoms with van der Waals surface area (Å²) in [6.07, 6.45) is 2.54. The summed E-state index contributed by atoms with van der Waals surface area (Å²) in [5.74, 6) is 0.740. The highest BCUT2D eigenvalue weighted by Crippen LogP contribution is 2.28. The lowest BCUT2D eigenvalue weighted by Gasteiger charge is -2.27. The largest absolute Gasteiger partial charge is 0.371 e. The molecule has 5 nitrogen and oxygen atoms in total. The fourth-order valence-corrected chi connectivity index (χ4v) is 1.94. The summed E-state index contributed by atoms with van der Waals surface area (Å²) in [5.41, 5.74) is 0. The van der Waals surface area contributed by atoms with Crippen molar-refractivity contribution in [3.05, 3.63) is 0 Å². The Morgan fingerprint density at radius 3 is 2.72 bits per heavy atom. The second-order valence-corrected chi connectivity index (χ2v) is 4.90. The van der Waals surface area contributed by atoms with Gasteiger partial charge in [-0.2, -0.15) is 0 Å². The fraction of sp³-hybridized carbons (Fsp3) is 0.917. The molecule has 6 heteroatoms. The fourth-order valence-electron chi connectivity index (χ4n) is 1.94. The molecule has 2 N–H and O–H groups in total. The molecular formula is C12H24ClN3O2. The quantitative estimate of drug-likeness (QED) is 0.680. The number of piperazine rings is 1. The molecular weight excluding hydrogens is 254 g/mol. The molecule has 2 rings (SSSR count). The van der Waals surface area contributed by atoms with Crippen molar-refractivity contribution >= 4 is 18.3 Å². The second kappa shape index (κ2) is 8.69. The van der Waals surface area contributed by atoms with E-state index >= 15 is 0 Å². The summed E-state index contributed by atoms with van der Waals surface area (Å²) in [4.78, 5) is 13.8. The molecule has 106 valence electrons. The third-order valence-corrected chi connectivity index (χ3v) is 3.24. The maximum Gasteiger partial charge on any atom is 0.246 e. The van der Waals surface area contributed by atoms with Gasteiger partial charge in [0.25, 0.3) is 0 Å². The highest BCUT2D eigenvalue weighted by Gasteiger charge is 2.21. The lowest BCUT2D eigenvalue weighted by Crippen LogP contribution is -2.46. The van der Waals surface area contributed by atoms with E-state index in [4.69, 9.17) is 4.74 Å². The number of rotatable bonds is 7. The summed E-state index contributed by atoms with van der Waals surface area (Å²) < 4.78 is 5.33. The number of hydrogen-bond donors (Lipinski definition) is 2. The van der Waals surface area contributed by atoms with E-state index in [9.17, 15) is 4.79 Å². The minimum atomic E-state index is 0. The number of hydrogen-bond acceptors (Lipinski definition) is 4. The zero-order valence-electron chi connectivity index (χ0n) is 10.8. The molecule has 0 aromatic carbocycles. The minimum absolute atomic E-state index is 0. The summed E-state index contributed by atoms with van der Waals surface area (Å²) in [6.45, 7) is 6.91. The summed E-state index contributed by atoms with van der Waals surface area (Å²) in [7, 11) is 0. The van der Waals surface area contributed by atoms with Gasteiger partial charge in [-0.3, -0.25) is 9.69 Å². The number of amides is 1. The maximum atomic E-state index is 11.4. The molecule has 0 unspecified atom stereocenters. The Labute approximate surface area is 115 Å². The van der Waals surface area contributed by atoms with Crippen molar-refractivity contribution in [3.8, 4) is 0 Å². The van der Waals surface area contributed by atoms with Crippen molar-refractivity contribution in [2.24, 2.45) is 5.92 Å². The number of nitrogens with zero attached hydrogens (tertiary/aromatic N) is 1. The van der Waals surface area contributed by atoms with Crippen molar-refractivity contribution in [1.29, 1.82) is 0 Å². The predicted octanol–water partition coefficient (Wildman–Crippen LogP) is -0.144. The van der Waals surface area contributed by atoms with Crippen LogP contribution in [0.1, 0.15) is 12.8 Å². The Balaban J connectivity index is 0.00000162. The van der Waals surface area contributed by atoms with Crippen LogP contribution in [0.25, 0.3) is 0 Å². The van der Waals surface area contributed by atoms with Crippen molar-refractivity contribution in [2.75, 3.05) is 52.5 Å². The molecule has 1 aliphatic carbocycles. The Hall–Kier alpha value is -0.360. The lowest BCUT2D eigenvalue weighted by molar-refractivity contribution is -0.125. The molecule has 2 fully saturated rings. The van der Waals surface area contributed by atoms with Gasteiger partial charge in [0.1, 0.15) is 6.61 Å². The average molecular weight is 278 g/mol. The summed E-state index contributed by atoms with van der Waals surface area (Å²) in [5, 5.41) is 6.21. The second-order valence-electron chi connectivity index (χ2n) is 4.90. The number of nitrogens with one attached hydrogen (secondary N) is 2. The van der Waals surface area contributed by atoms with Gasteiger partial charge in [0, 0.05) is 39.3 Å². The highest BCUT2D eigenvalue weighted by atomic mass is 35.5. The molecule has 1 heterocycles. The third-order valence-electron chi connectivity index (χ3n) is 3.24. The van der Waals surface area contributed by atoms with Crippen LogP contribution in [0.15, 0.2) is 0 Å². The maximum absolute atomic E-state index is 11.4. The zero-order valence-corrected chi connectivity index (χ0v) is 11.6. The normalized spacial score (nSPS) is 20.2. The number of carbonyl (C=O) groups excluding carboxylic acids is 1. The van der Waals surface area contributed by atoms with Gasteiger partial charge in [-0.1, -0.05) is 0 Å². The monoisotopic (exact) mass is 277 g/mol. The van der Waals surface area contributed by atoms with Crippen LogP contribution in [0.2, 0.25) is 0 Å². The molecule has 18 heavy (non-hydrogen) atoms. The first kappa shape index (κ1) is 15.7. The molecule has 0 bridgehead atoms. The molecule has 0 aromatic rings. The van der Waals surface area contributed by atoms with E-state index in [-0.39, 0.29) is 24.9 Å². The third kappa shape index (κ3) is 6.54. The molecule has 0 spiro atoms. The summed E-state index contributed by atoms with van der Waals surface area (Å²) in [6, 6.07) is 0. The molecule has 1 saturated carbocycles. The van der Waals surface area contributed by atoms with Crippen molar-refractivity contribution in [1.82, 2.24) is 15.5 Å². The Morgan fingerprint density at radius 2 is 2.06 bits per heavy atom. The van der Waals surface area contributed by atoms with Crippen LogP contribution in [0.5, 0.6) is 0 Å². The number of halogens is 1. The molecule has 1 amide bonds. The molecule has 1 saturated heterocycles. The van der Waals surface area contributed by atoms with E-state index in [0.29, 0.717) is 0 Å². The van der Waals surface area contributed by atoms with Gasteiger partial charge >= 0.3 is 0 Å². The minimum Gasteiger partial charge on any atom is -0.371 e. The summed E-state index contributed by atoms with van der Waals surface area (Å²) >= 11 is 0. The SMILES string of the molecule is Cl.O=C(COCC1CC1)NCCN1CCNCC1. The van der Waals surface area contributed by atoms with E-state index < -0.39 is 0 Å². The van der Waals surface area contributed by atoms with Gasteiger partial charge in [-0.05, 0) is 18.8 Å². The predicted molar refractivity (Wildman–Crippen MR) is 73.1 cm³/mol. The molecule has 0 aromatic heterocycles. The topological polar surface area (TPSA) is 53.6 Å². The van der Waals surface area contributed by atoms with Gasteiger partial charge in [-0.25, -0.2) is 0 Å². The van der Waals surface area contributed by atoms with Crippen molar-refractivity contribution in [3.63, 3.8) is 0 Å². The molecule has 2 aliphatic rings. The van der Waals surface area contributed by atoms with Gasteiger partial charge in [0.15, 0.2) is 0 Å². The van der Waals surface area contributed by atoms with E-state index in [1.807, 2.05) is 0 Å². The number of ether oxygens (including phenoxy) is 1. The smallest absolute Gasteiger partial charge is 0.246 e. The first-order valence-corrected chi connectivity index (χ1v) is 6.62. The standard InChI is InChI=1S/C12H23N3O2.ClH/c16-12(10-17-9-11-1-2-11)14-5-8-15-6-3-13-4-7-15;/h11,13H,1-10H2,(H,14,16);1H. The van der Waals surface area contributed by atoms with Crippen molar-refractivity contribution < 1.29 is 9.53 Å². The Morgan fingerprint density at radius 1 is 1.33 bits per heavy atom. The Bertz CT molecular complexity index is 243. The Kier molecular flexibility index (Phi) is 7.58. The lowest BCUT2D eigenvalue weighted by atomic mass is 10.3. The van der Waals surface area contributed by atoms with Crippen LogP contribution >= 0.6 is 12.4 Å². The van der Waals surface area contributed by atoms with Gasteiger partial charge in [0.2, 0.25) is 5.91 Å². The van der Waals surface area contributed by atoms with Crippen LogP contribution in [0, 0.1) is 5.92 Å². The average Bonchev–Trinajstić information content (AvgIpc) is 3.14. The van der Waals surface area contributed by atoms with E-state index in [2.05, 4.69) is 15.5 Å². The van der Waals surface area contributed by atoms with Crippen LogP contribution in [0.3, 0.4) is 0 Å². The van der Waals surface area contributed by atoms with E-state index in [1.54, 1.807) is 0 Å². The van der Waals surface area contributed by atoms with Gasteiger partial charge in [0.05, 0.1) is 6.61 Å². The van der Waals surface area contributed by atoms with Crippen LogP contribution < -0.4 is 10.6 Å². The van der Waals surface area contributed by atoms with E-state index in [0.717, 1.165) is 51.8 Å².